The van der Waals surface area contributed by atoms with Crippen LogP contribution in [-0.2, 0) is 17.6 Å². The highest BCUT2D eigenvalue weighted by molar-refractivity contribution is 5.66. The summed E-state index contributed by atoms with van der Waals surface area (Å²) in [7, 11) is 0. The molecule has 3 nitrogen and oxygen atoms in total. The smallest absolute Gasteiger partial charge is 0.303 e. The van der Waals surface area contributed by atoms with Crippen molar-refractivity contribution in [3.8, 4) is 5.75 Å². The van der Waals surface area contributed by atoms with Crippen LogP contribution in [0.15, 0.2) is 54.6 Å². The minimum Gasteiger partial charge on any atom is -0.494 e. The maximum atomic E-state index is 10.5. The highest BCUT2D eigenvalue weighted by atomic mass is 16.5. The zero-order valence-electron chi connectivity index (χ0n) is 14.1. The van der Waals surface area contributed by atoms with Crippen LogP contribution in [0.5, 0.6) is 5.75 Å². The molecular formula is C21H26O3. The van der Waals surface area contributed by atoms with E-state index < -0.39 is 5.97 Å². The van der Waals surface area contributed by atoms with Gasteiger partial charge in [-0.1, -0.05) is 48.9 Å². The molecule has 0 atom stereocenters. The molecule has 0 spiro atoms. The lowest BCUT2D eigenvalue weighted by Crippen LogP contribution is -2.00. The molecule has 24 heavy (non-hydrogen) atoms. The number of benzene rings is 2. The van der Waals surface area contributed by atoms with Gasteiger partial charge < -0.3 is 9.84 Å². The van der Waals surface area contributed by atoms with Crippen molar-refractivity contribution in [1.82, 2.24) is 0 Å². The van der Waals surface area contributed by atoms with E-state index in [2.05, 4.69) is 36.4 Å². The molecule has 0 radical (unpaired) electrons. The van der Waals surface area contributed by atoms with Gasteiger partial charge in [-0.25, -0.2) is 0 Å². The highest BCUT2D eigenvalue weighted by Crippen LogP contribution is 2.16. The summed E-state index contributed by atoms with van der Waals surface area (Å²) in [5, 5.41) is 8.63. The van der Waals surface area contributed by atoms with Crippen molar-refractivity contribution >= 4 is 5.97 Å². The van der Waals surface area contributed by atoms with Crippen molar-refractivity contribution in [3.63, 3.8) is 0 Å². The first kappa shape index (κ1) is 18.1. The Kier molecular flexibility index (Phi) is 7.88. The molecule has 0 aliphatic rings. The van der Waals surface area contributed by atoms with Gasteiger partial charge in [-0.15, -0.1) is 0 Å². The second-order valence-corrected chi connectivity index (χ2v) is 6.04. The van der Waals surface area contributed by atoms with Crippen LogP contribution >= 0.6 is 0 Å². The predicted molar refractivity (Wildman–Crippen MR) is 96.5 cm³/mol. The number of carboxylic acids is 1. The fourth-order valence-electron chi connectivity index (χ4n) is 2.68. The van der Waals surface area contributed by atoms with E-state index in [1.165, 1.54) is 11.1 Å². The number of carboxylic acid groups (broad SMARTS) is 1. The van der Waals surface area contributed by atoms with Crippen molar-refractivity contribution in [2.75, 3.05) is 6.61 Å². The molecule has 2 aromatic carbocycles. The zero-order valence-corrected chi connectivity index (χ0v) is 14.1. The van der Waals surface area contributed by atoms with Crippen LogP contribution in [0, 0.1) is 0 Å². The summed E-state index contributed by atoms with van der Waals surface area (Å²) in [5.74, 6) is 0.215. The maximum absolute atomic E-state index is 10.5. The van der Waals surface area contributed by atoms with Gasteiger partial charge in [-0.3, -0.25) is 4.79 Å². The SMILES string of the molecule is O=C(O)CCCCCc1cccc(OCCCc2ccccc2)c1. The third kappa shape index (κ3) is 7.32. The van der Waals surface area contributed by atoms with Crippen molar-refractivity contribution in [2.24, 2.45) is 0 Å². The molecule has 0 amide bonds. The molecule has 1 N–H and O–H groups in total. The molecule has 0 heterocycles. The lowest BCUT2D eigenvalue weighted by atomic mass is 10.1. The molecule has 0 bridgehead atoms. The maximum Gasteiger partial charge on any atom is 0.303 e. The summed E-state index contributed by atoms with van der Waals surface area (Å²) in [6.45, 7) is 0.719. The van der Waals surface area contributed by atoms with E-state index in [9.17, 15) is 4.79 Å². The second-order valence-electron chi connectivity index (χ2n) is 6.04. The summed E-state index contributed by atoms with van der Waals surface area (Å²) >= 11 is 0. The van der Waals surface area contributed by atoms with Gasteiger partial charge in [-0.2, -0.15) is 0 Å². The van der Waals surface area contributed by atoms with Crippen LogP contribution in [-0.4, -0.2) is 17.7 Å². The molecular weight excluding hydrogens is 300 g/mol. The highest BCUT2D eigenvalue weighted by Gasteiger charge is 2.00. The van der Waals surface area contributed by atoms with Crippen LogP contribution < -0.4 is 4.74 Å². The van der Waals surface area contributed by atoms with Gasteiger partial charge >= 0.3 is 5.97 Å². The second kappa shape index (κ2) is 10.5. The van der Waals surface area contributed by atoms with E-state index in [1.54, 1.807) is 0 Å². The van der Waals surface area contributed by atoms with Gasteiger partial charge in [0.15, 0.2) is 0 Å². The Labute approximate surface area is 144 Å². The Hall–Kier alpha value is -2.29. The largest absolute Gasteiger partial charge is 0.494 e. The third-order valence-corrected chi connectivity index (χ3v) is 3.98. The minimum atomic E-state index is -0.707. The van der Waals surface area contributed by atoms with Crippen LogP contribution in [0.3, 0.4) is 0 Å². The summed E-state index contributed by atoms with van der Waals surface area (Å²) < 4.78 is 5.85. The van der Waals surface area contributed by atoms with E-state index in [-0.39, 0.29) is 6.42 Å². The number of rotatable bonds is 11. The van der Waals surface area contributed by atoms with Crippen molar-refractivity contribution < 1.29 is 14.6 Å². The quantitative estimate of drug-likeness (QED) is 0.598. The summed E-state index contributed by atoms with van der Waals surface area (Å²) in [4.78, 5) is 10.5. The van der Waals surface area contributed by atoms with E-state index >= 15 is 0 Å². The third-order valence-electron chi connectivity index (χ3n) is 3.98. The van der Waals surface area contributed by atoms with E-state index in [0.29, 0.717) is 0 Å². The van der Waals surface area contributed by atoms with Gasteiger partial charge in [0, 0.05) is 6.42 Å². The average molecular weight is 326 g/mol. The van der Waals surface area contributed by atoms with E-state index in [1.807, 2.05) is 18.2 Å². The molecule has 2 rings (SSSR count). The molecule has 128 valence electrons. The van der Waals surface area contributed by atoms with Crippen molar-refractivity contribution in [1.29, 1.82) is 0 Å². The Morgan fingerprint density at radius 2 is 1.58 bits per heavy atom. The van der Waals surface area contributed by atoms with Crippen LogP contribution in [0.1, 0.15) is 43.2 Å². The molecule has 0 aliphatic heterocycles. The molecule has 0 fully saturated rings. The van der Waals surface area contributed by atoms with Crippen LogP contribution in [0.25, 0.3) is 0 Å². The number of carbonyl (C=O) groups is 1. The number of aliphatic carboxylic acids is 1. The standard InChI is InChI=1S/C21H26O3/c22-21(23)15-6-2-5-11-19-12-7-14-20(17-19)24-16-8-13-18-9-3-1-4-10-18/h1,3-4,7,9-10,12,14,17H,2,5-6,8,11,13,15-16H2,(H,22,23). The van der Waals surface area contributed by atoms with E-state index in [4.69, 9.17) is 9.84 Å². The molecule has 3 heteroatoms. The summed E-state index contributed by atoms with van der Waals surface area (Å²) in [6.07, 6.45) is 6.00. The average Bonchev–Trinajstić information content (AvgIpc) is 2.59. The Morgan fingerprint density at radius 3 is 2.38 bits per heavy atom. The number of unbranched alkanes of at least 4 members (excludes halogenated alkanes) is 2. The van der Waals surface area contributed by atoms with E-state index in [0.717, 1.165) is 50.9 Å². The van der Waals surface area contributed by atoms with Gasteiger partial charge in [0.25, 0.3) is 0 Å². The number of hydrogen-bond donors (Lipinski definition) is 1. The number of ether oxygens (including phenoxy) is 1. The lowest BCUT2D eigenvalue weighted by Gasteiger charge is -2.08. The first-order valence-electron chi connectivity index (χ1n) is 8.71. The van der Waals surface area contributed by atoms with Gasteiger partial charge in [0.1, 0.15) is 5.75 Å². The van der Waals surface area contributed by atoms with Gasteiger partial charge in [-0.05, 0) is 55.4 Å². The fraction of sp³-hybridized carbons (Fsp3) is 0.381. The van der Waals surface area contributed by atoms with Gasteiger partial charge in [0.05, 0.1) is 6.61 Å². The molecule has 0 aliphatic carbocycles. The zero-order chi connectivity index (χ0) is 17.0. The predicted octanol–water partition coefficient (Wildman–Crippen LogP) is 4.89. The first-order chi connectivity index (χ1) is 11.7. The molecule has 0 saturated carbocycles. The van der Waals surface area contributed by atoms with Gasteiger partial charge in [0.2, 0.25) is 0 Å². The first-order valence-corrected chi connectivity index (χ1v) is 8.71. The number of aryl methyl sites for hydroxylation is 2. The number of hydrogen-bond acceptors (Lipinski definition) is 2. The van der Waals surface area contributed by atoms with Crippen molar-refractivity contribution in [2.45, 2.75) is 44.9 Å². The van der Waals surface area contributed by atoms with Crippen LogP contribution in [0.2, 0.25) is 0 Å². The van der Waals surface area contributed by atoms with Crippen molar-refractivity contribution in [3.05, 3.63) is 65.7 Å². The molecule has 0 saturated heterocycles. The Morgan fingerprint density at radius 1 is 0.833 bits per heavy atom. The molecule has 0 unspecified atom stereocenters. The molecule has 0 aromatic heterocycles. The summed E-state index contributed by atoms with van der Waals surface area (Å²) in [5.41, 5.74) is 2.60. The topological polar surface area (TPSA) is 46.5 Å². The van der Waals surface area contributed by atoms with Crippen LogP contribution in [0.4, 0.5) is 0 Å². The summed E-state index contributed by atoms with van der Waals surface area (Å²) in [6, 6.07) is 18.7. The minimum absolute atomic E-state index is 0.268. The normalized spacial score (nSPS) is 10.5. The Balaban J connectivity index is 1.65. The molecule has 2 aromatic rings. The Bertz CT molecular complexity index is 607. The fourth-order valence-corrected chi connectivity index (χ4v) is 2.68. The monoisotopic (exact) mass is 326 g/mol. The lowest BCUT2D eigenvalue weighted by molar-refractivity contribution is -0.137.